The van der Waals surface area contributed by atoms with Crippen molar-refractivity contribution in [3.63, 3.8) is 0 Å². The SMILES string of the molecule is Cc1nc(C)c(C(C)NC(=O)CC(N)CC(C)(C)C)s1. The van der Waals surface area contributed by atoms with Gasteiger partial charge in [-0.1, -0.05) is 20.8 Å². The van der Waals surface area contributed by atoms with Gasteiger partial charge in [-0.05, 0) is 32.6 Å². The molecule has 114 valence electrons. The minimum atomic E-state index is -0.0912. The molecule has 0 saturated carbocycles. The van der Waals surface area contributed by atoms with Gasteiger partial charge in [-0.25, -0.2) is 4.98 Å². The first-order valence-corrected chi connectivity index (χ1v) is 7.89. The number of hydrogen-bond acceptors (Lipinski definition) is 4. The van der Waals surface area contributed by atoms with Crippen LogP contribution >= 0.6 is 11.3 Å². The number of nitrogens with two attached hydrogens (primary N) is 1. The molecule has 0 spiro atoms. The van der Waals surface area contributed by atoms with E-state index in [2.05, 4.69) is 31.1 Å². The van der Waals surface area contributed by atoms with Crippen LogP contribution in [-0.4, -0.2) is 16.9 Å². The lowest BCUT2D eigenvalue weighted by Gasteiger charge is -2.23. The number of rotatable bonds is 5. The van der Waals surface area contributed by atoms with Crippen LogP contribution in [0.4, 0.5) is 0 Å². The van der Waals surface area contributed by atoms with E-state index in [-0.39, 0.29) is 23.4 Å². The molecular formula is C15H27N3OS. The van der Waals surface area contributed by atoms with E-state index in [9.17, 15) is 4.79 Å². The molecule has 0 aliphatic heterocycles. The topological polar surface area (TPSA) is 68.0 Å². The molecule has 2 unspecified atom stereocenters. The van der Waals surface area contributed by atoms with Gasteiger partial charge in [0.1, 0.15) is 0 Å². The van der Waals surface area contributed by atoms with Gasteiger partial charge in [0.15, 0.2) is 0 Å². The smallest absolute Gasteiger partial charge is 0.222 e. The number of carbonyl (C=O) groups is 1. The summed E-state index contributed by atoms with van der Waals surface area (Å²) in [6.07, 6.45) is 1.21. The molecule has 0 bridgehead atoms. The molecule has 3 N–H and O–H groups in total. The van der Waals surface area contributed by atoms with E-state index in [4.69, 9.17) is 5.73 Å². The Morgan fingerprint density at radius 2 is 2.00 bits per heavy atom. The fourth-order valence-corrected chi connectivity index (χ4v) is 3.34. The minimum absolute atomic E-state index is 0.00413. The summed E-state index contributed by atoms with van der Waals surface area (Å²) in [5, 5.41) is 4.05. The quantitative estimate of drug-likeness (QED) is 0.877. The number of nitrogens with zero attached hydrogens (tertiary/aromatic N) is 1. The molecular weight excluding hydrogens is 270 g/mol. The molecule has 5 heteroatoms. The maximum absolute atomic E-state index is 12.0. The third kappa shape index (κ3) is 5.59. The van der Waals surface area contributed by atoms with Gasteiger partial charge in [0, 0.05) is 17.3 Å². The molecule has 0 fully saturated rings. The van der Waals surface area contributed by atoms with E-state index in [1.165, 1.54) is 0 Å². The second-order valence-corrected chi connectivity index (χ2v) is 7.94. The molecule has 0 saturated heterocycles. The Morgan fingerprint density at radius 3 is 2.45 bits per heavy atom. The first-order chi connectivity index (χ1) is 9.08. The van der Waals surface area contributed by atoms with Gasteiger partial charge in [0.2, 0.25) is 5.91 Å². The molecule has 0 aliphatic rings. The van der Waals surface area contributed by atoms with E-state index >= 15 is 0 Å². The van der Waals surface area contributed by atoms with Crippen LogP contribution in [0.5, 0.6) is 0 Å². The maximum Gasteiger partial charge on any atom is 0.222 e. The standard InChI is InChI=1S/C15H27N3OS/c1-9-14(20-11(3)17-9)10(2)18-13(19)7-12(16)8-15(4,5)6/h10,12H,7-8,16H2,1-6H3,(H,18,19). The molecule has 0 aliphatic carbocycles. The molecule has 1 rings (SSSR count). The van der Waals surface area contributed by atoms with Crippen molar-refractivity contribution >= 4 is 17.2 Å². The van der Waals surface area contributed by atoms with Gasteiger partial charge in [-0.2, -0.15) is 0 Å². The zero-order chi connectivity index (χ0) is 15.5. The third-order valence-electron chi connectivity index (χ3n) is 3.03. The second-order valence-electron chi connectivity index (χ2n) is 6.70. The Balaban J connectivity index is 2.52. The maximum atomic E-state index is 12.0. The average Bonchev–Trinajstić information content (AvgIpc) is 2.54. The van der Waals surface area contributed by atoms with Gasteiger partial charge >= 0.3 is 0 Å². The Bertz CT molecular complexity index is 462. The predicted molar refractivity (Wildman–Crippen MR) is 84.8 cm³/mol. The van der Waals surface area contributed by atoms with Crippen LogP contribution in [0.15, 0.2) is 0 Å². The highest BCUT2D eigenvalue weighted by Gasteiger charge is 2.20. The van der Waals surface area contributed by atoms with Gasteiger partial charge in [-0.15, -0.1) is 11.3 Å². The zero-order valence-corrected chi connectivity index (χ0v) is 14.2. The van der Waals surface area contributed by atoms with Crippen molar-refractivity contribution in [2.45, 2.75) is 66.5 Å². The van der Waals surface area contributed by atoms with Gasteiger partial charge in [-0.3, -0.25) is 4.79 Å². The van der Waals surface area contributed by atoms with Crippen LogP contribution in [0.1, 0.15) is 62.2 Å². The molecule has 1 aromatic heterocycles. The fourth-order valence-electron chi connectivity index (χ4n) is 2.41. The molecule has 1 amide bonds. The monoisotopic (exact) mass is 297 g/mol. The van der Waals surface area contributed by atoms with Crippen molar-refractivity contribution in [2.75, 3.05) is 0 Å². The number of aryl methyl sites for hydroxylation is 2. The Hall–Kier alpha value is -0.940. The van der Waals surface area contributed by atoms with Crippen LogP contribution in [0, 0.1) is 19.3 Å². The molecule has 1 aromatic rings. The lowest BCUT2D eigenvalue weighted by Crippen LogP contribution is -2.35. The van der Waals surface area contributed by atoms with Crippen molar-refractivity contribution in [3.8, 4) is 0 Å². The Kier molecular flexibility index (Phi) is 5.71. The highest BCUT2D eigenvalue weighted by atomic mass is 32.1. The lowest BCUT2D eigenvalue weighted by molar-refractivity contribution is -0.122. The van der Waals surface area contributed by atoms with Gasteiger partial charge in [0.25, 0.3) is 0 Å². The summed E-state index contributed by atoms with van der Waals surface area (Å²) in [6.45, 7) is 12.4. The first-order valence-electron chi connectivity index (χ1n) is 7.07. The Morgan fingerprint density at radius 1 is 1.40 bits per heavy atom. The van der Waals surface area contributed by atoms with Crippen molar-refractivity contribution < 1.29 is 4.79 Å². The molecule has 20 heavy (non-hydrogen) atoms. The molecule has 2 atom stereocenters. The van der Waals surface area contributed by atoms with E-state index in [0.29, 0.717) is 6.42 Å². The van der Waals surface area contributed by atoms with Crippen molar-refractivity contribution in [3.05, 3.63) is 15.6 Å². The summed E-state index contributed by atoms with van der Waals surface area (Å²) in [5.41, 5.74) is 7.19. The van der Waals surface area contributed by atoms with E-state index in [1.54, 1.807) is 11.3 Å². The largest absolute Gasteiger partial charge is 0.349 e. The fraction of sp³-hybridized carbons (Fsp3) is 0.733. The number of aromatic nitrogens is 1. The van der Waals surface area contributed by atoms with Crippen LogP contribution < -0.4 is 11.1 Å². The number of thiazole rings is 1. The number of hydrogen-bond donors (Lipinski definition) is 2. The number of amides is 1. The van der Waals surface area contributed by atoms with Gasteiger partial charge in [0.05, 0.1) is 16.7 Å². The van der Waals surface area contributed by atoms with Crippen LogP contribution in [0.2, 0.25) is 0 Å². The second kappa shape index (κ2) is 6.68. The highest BCUT2D eigenvalue weighted by molar-refractivity contribution is 7.11. The van der Waals surface area contributed by atoms with Crippen LogP contribution in [0.3, 0.4) is 0 Å². The number of carbonyl (C=O) groups excluding carboxylic acids is 1. The first kappa shape index (κ1) is 17.1. The summed E-state index contributed by atoms with van der Waals surface area (Å²) in [6, 6.07) is -0.0953. The molecule has 0 aromatic carbocycles. The molecule has 0 radical (unpaired) electrons. The van der Waals surface area contributed by atoms with E-state index in [1.807, 2.05) is 20.8 Å². The number of nitrogens with one attached hydrogen (secondary N) is 1. The van der Waals surface area contributed by atoms with E-state index in [0.717, 1.165) is 22.0 Å². The zero-order valence-electron chi connectivity index (χ0n) is 13.4. The normalized spacial score (nSPS) is 14.9. The summed E-state index contributed by atoms with van der Waals surface area (Å²) in [7, 11) is 0. The predicted octanol–water partition coefficient (Wildman–Crippen LogP) is 3.09. The third-order valence-corrected chi connectivity index (χ3v) is 4.29. The molecule has 1 heterocycles. The van der Waals surface area contributed by atoms with Crippen molar-refractivity contribution in [2.24, 2.45) is 11.1 Å². The van der Waals surface area contributed by atoms with Crippen LogP contribution in [0.25, 0.3) is 0 Å². The summed E-state index contributed by atoms with van der Waals surface area (Å²) < 4.78 is 0. The Labute approximate surface area is 126 Å². The highest BCUT2D eigenvalue weighted by Crippen LogP contribution is 2.25. The van der Waals surface area contributed by atoms with Crippen molar-refractivity contribution in [1.82, 2.24) is 10.3 Å². The lowest BCUT2D eigenvalue weighted by atomic mass is 9.87. The van der Waals surface area contributed by atoms with Gasteiger partial charge < -0.3 is 11.1 Å². The summed E-state index contributed by atoms with van der Waals surface area (Å²) in [5.74, 6) is 0.0136. The summed E-state index contributed by atoms with van der Waals surface area (Å²) in [4.78, 5) is 17.6. The van der Waals surface area contributed by atoms with Crippen LogP contribution in [-0.2, 0) is 4.79 Å². The van der Waals surface area contributed by atoms with E-state index < -0.39 is 0 Å². The molecule has 4 nitrogen and oxygen atoms in total. The summed E-state index contributed by atoms with van der Waals surface area (Å²) >= 11 is 1.64. The van der Waals surface area contributed by atoms with Crippen molar-refractivity contribution in [1.29, 1.82) is 0 Å². The minimum Gasteiger partial charge on any atom is -0.349 e. The average molecular weight is 297 g/mol.